The van der Waals surface area contributed by atoms with E-state index in [1.165, 1.54) is 0 Å². The van der Waals surface area contributed by atoms with E-state index in [4.69, 9.17) is 0 Å². The summed E-state index contributed by atoms with van der Waals surface area (Å²) in [5, 5.41) is 11.1. The number of non-ortho nitro benzene ring substituents is 1. The molecule has 0 fully saturated rings. The highest BCUT2D eigenvalue weighted by Gasteiger charge is 2.12. The van der Waals surface area contributed by atoms with Crippen LogP contribution in [0.4, 0.5) is 5.69 Å². The molecule has 5 heteroatoms. The molecule has 0 bridgehead atoms. The second-order valence-corrected chi connectivity index (χ2v) is 7.88. The summed E-state index contributed by atoms with van der Waals surface area (Å²) in [7, 11) is 0. The highest BCUT2D eigenvalue weighted by atomic mass is 32.2. The van der Waals surface area contributed by atoms with E-state index in [1.54, 1.807) is 23.9 Å². The first-order valence-corrected chi connectivity index (χ1v) is 10.5. The summed E-state index contributed by atoms with van der Waals surface area (Å²) in [5.74, 6) is 1.07. The predicted molar refractivity (Wildman–Crippen MR) is 111 cm³/mol. The second-order valence-electron chi connectivity index (χ2n) is 6.74. The van der Waals surface area contributed by atoms with Gasteiger partial charge in [-0.2, -0.15) is 0 Å². The van der Waals surface area contributed by atoms with Crippen LogP contribution in [0, 0.1) is 16.0 Å². The third-order valence-electron chi connectivity index (χ3n) is 4.59. The minimum absolute atomic E-state index is 0.130. The van der Waals surface area contributed by atoms with E-state index < -0.39 is 0 Å². The van der Waals surface area contributed by atoms with E-state index >= 15 is 0 Å². The molecule has 0 saturated carbocycles. The van der Waals surface area contributed by atoms with Crippen molar-refractivity contribution in [3.8, 4) is 0 Å². The lowest BCUT2D eigenvalue weighted by atomic mass is 9.99. The standard InChI is InChI=1S/C22H27NO3S/c1-2-3-8-19(17-24)11-7-14-27-22-13-12-21(23(25)26)16-20(22)15-18-9-5-4-6-10-18/h4-6,9-10,12-13,16-17,19H,2-3,7-8,11,14-15H2,1H3. The van der Waals surface area contributed by atoms with E-state index in [1.807, 2.05) is 36.4 Å². The maximum atomic E-state index is 11.2. The summed E-state index contributed by atoms with van der Waals surface area (Å²) in [6.07, 6.45) is 6.84. The molecule has 0 aromatic heterocycles. The van der Waals surface area contributed by atoms with E-state index in [-0.39, 0.29) is 16.5 Å². The Hall–Kier alpha value is -2.14. The summed E-state index contributed by atoms with van der Waals surface area (Å²) in [5.41, 5.74) is 2.25. The molecule has 27 heavy (non-hydrogen) atoms. The lowest BCUT2D eigenvalue weighted by Crippen LogP contribution is -2.02. The summed E-state index contributed by atoms with van der Waals surface area (Å²) in [4.78, 5) is 23.0. The number of rotatable bonds is 12. The Bertz CT molecular complexity index is 734. The average molecular weight is 386 g/mol. The van der Waals surface area contributed by atoms with Crippen molar-refractivity contribution in [3.63, 3.8) is 0 Å². The van der Waals surface area contributed by atoms with Crippen molar-refractivity contribution < 1.29 is 9.72 Å². The van der Waals surface area contributed by atoms with Crippen molar-refractivity contribution in [3.05, 3.63) is 69.8 Å². The molecule has 0 N–H and O–H groups in total. The fraction of sp³-hybridized carbons (Fsp3) is 0.409. The first-order chi connectivity index (χ1) is 13.1. The molecule has 0 heterocycles. The molecule has 2 rings (SSSR count). The van der Waals surface area contributed by atoms with Gasteiger partial charge in [-0.05, 0) is 48.6 Å². The number of aldehydes is 1. The number of nitro groups is 1. The molecule has 0 aliphatic rings. The van der Waals surface area contributed by atoms with Crippen molar-refractivity contribution in [1.82, 2.24) is 0 Å². The quantitative estimate of drug-likeness (QED) is 0.146. The highest BCUT2D eigenvalue weighted by Crippen LogP contribution is 2.30. The summed E-state index contributed by atoms with van der Waals surface area (Å²) < 4.78 is 0. The number of carbonyl (C=O) groups excluding carboxylic acids is 1. The van der Waals surface area contributed by atoms with Gasteiger partial charge in [-0.3, -0.25) is 10.1 Å². The molecule has 0 amide bonds. The van der Waals surface area contributed by atoms with Crippen molar-refractivity contribution in [2.75, 3.05) is 5.75 Å². The molecule has 4 nitrogen and oxygen atoms in total. The maximum absolute atomic E-state index is 11.2. The number of hydrogen-bond acceptors (Lipinski definition) is 4. The zero-order valence-electron chi connectivity index (χ0n) is 15.8. The zero-order chi connectivity index (χ0) is 19.5. The molecule has 0 saturated heterocycles. The fourth-order valence-electron chi connectivity index (χ4n) is 3.05. The van der Waals surface area contributed by atoms with E-state index in [0.29, 0.717) is 6.42 Å². The van der Waals surface area contributed by atoms with Gasteiger partial charge in [0.15, 0.2) is 0 Å². The van der Waals surface area contributed by atoms with Crippen LogP contribution in [-0.4, -0.2) is 17.0 Å². The largest absolute Gasteiger partial charge is 0.303 e. The summed E-state index contributed by atoms with van der Waals surface area (Å²) >= 11 is 1.72. The van der Waals surface area contributed by atoms with Crippen LogP contribution in [0.25, 0.3) is 0 Å². The number of thioether (sulfide) groups is 1. The number of nitrogens with zero attached hydrogens (tertiary/aromatic N) is 1. The van der Waals surface area contributed by atoms with Crippen molar-refractivity contribution in [2.24, 2.45) is 5.92 Å². The van der Waals surface area contributed by atoms with Crippen LogP contribution in [0.15, 0.2) is 53.4 Å². The van der Waals surface area contributed by atoms with Crippen LogP contribution in [0.1, 0.15) is 50.2 Å². The molecule has 0 aliphatic carbocycles. The lowest BCUT2D eigenvalue weighted by Gasteiger charge is -2.11. The number of hydrogen-bond donors (Lipinski definition) is 0. The molecule has 2 aromatic carbocycles. The van der Waals surface area contributed by atoms with Gasteiger partial charge in [0.2, 0.25) is 0 Å². The van der Waals surface area contributed by atoms with Crippen LogP contribution >= 0.6 is 11.8 Å². The number of benzene rings is 2. The van der Waals surface area contributed by atoms with Gasteiger partial charge < -0.3 is 4.79 Å². The second kappa shape index (κ2) is 11.5. The smallest absolute Gasteiger partial charge is 0.269 e. The average Bonchev–Trinajstić information content (AvgIpc) is 2.69. The predicted octanol–water partition coefficient (Wildman–Crippen LogP) is 6.06. The van der Waals surface area contributed by atoms with Gasteiger partial charge in [0.05, 0.1) is 4.92 Å². The van der Waals surface area contributed by atoms with Crippen molar-refractivity contribution in [2.45, 2.75) is 50.3 Å². The minimum atomic E-state index is -0.342. The van der Waals surface area contributed by atoms with Gasteiger partial charge in [-0.1, -0.05) is 50.1 Å². The summed E-state index contributed by atoms with van der Waals surface area (Å²) in [6, 6.07) is 15.1. The van der Waals surface area contributed by atoms with Gasteiger partial charge in [0.1, 0.15) is 6.29 Å². The van der Waals surface area contributed by atoms with Crippen molar-refractivity contribution in [1.29, 1.82) is 0 Å². The molecule has 1 unspecified atom stereocenters. The molecular formula is C22H27NO3S. The molecule has 0 spiro atoms. The molecule has 0 aliphatic heterocycles. The van der Waals surface area contributed by atoms with E-state index in [0.717, 1.165) is 60.2 Å². The summed E-state index contributed by atoms with van der Waals surface area (Å²) in [6.45, 7) is 2.14. The molecule has 144 valence electrons. The normalized spacial score (nSPS) is 11.9. The molecule has 2 aromatic rings. The van der Waals surface area contributed by atoms with Crippen LogP contribution in [0.5, 0.6) is 0 Å². The Kier molecular flexibility index (Phi) is 9.05. The molecular weight excluding hydrogens is 358 g/mol. The van der Waals surface area contributed by atoms with Gasteiger partial charge >= 0.3 is 0 Å². The third kappa shape index (κ3) is 7.18. The van der Waals surface area contributed by atoms with Gasteiger partial charge in [-0.15, -0.1) is 11.8 Å². The van der Waals surface area contributed by atoms with E-state index in [9.17, 15) is 14.9 Å². The Morgan fingerprint density at radius 1 is 1.11 bits per heavy atom. The van der Waals surface area contributed by atoms with Crippen LogP contribution < -0.4 is 0 Å². The van der Waals surface area contributed by atoms with E-state index in [2.05, 4.69) is 6.92 Å². The van der Waals surface area contributed by atoms with Gasteiger partial charge in [0.25, 0.3) is 5.69 Å². The van der Waals surface area contributed by atoms with Gasteiger partial charge in [0, 0.05) is 22.9 Å². The fourth-order valence-corrected chi connectivity index (χ4v) is 4.06. The van der Waals surface area contributed by atoms with Crippen LogP contribution in [0.3, 0.4) is 0 Å². The SMILES string of the molecule is CCCCC(C=O)CCCSc1ccc([N+](=O)[O-])cc1Cc1ccccc1. The van der Waals surface area contributed by atoms with Crippen LogP contribution in [-0.2, 0) is 11.2 Å². The molecule has 0 radical (unpaired) electrons. The van der Waals surface area contributed by atoms with Gasteiger partial charge in [-0.25, -0.2) is 0 Å². The Morgan fingerprint density at radius 2 is 1.85 bits per heavy atom. The Balaban J connectivity index is 2.00. The Labute approximate surface area is 165 Å². The Morgan fingerprint density at radius 3 is 2.52 bits per heavy atom. The van der Waals surface area contributed by atoms with Crippen molar-refractivity contribution >= 4 is 23.7 Å². The number of carbonyl (C=O) groups is 1. The topological polar surface area (TPSA) is 60.2 Å². The first kappa shape index (κ1) is 21.2. The highest BCUT2D eigenvalue weighted by molar-refractivity contribution is 7.99. The first-order valence-electron chi connectivity index (χ1n) is 9.53. The zero-order valence-corrected chi connectivity index (χ0v) is 16.6. The molecule has 1 atom stereocenters. The monoisotopic (exact) mass is 385 g/mol. The number of nitro benzene ring substituents is 1. The minimum Gasteiger partial charge on any atom is -0.303 e. The van der Waals surface area contributed by atoms with Crippen LogP contribution in [0.2, 0.25) is 0 Å². The lowest BCUT2D eigenvalue weighted by molar-refractivity contribution is -0.385. The number of unbranched alkanes of at least 4 members (excludes halogenated alkanes) is 1. The maximum Gasteiger partial charge on any atom is 0.269 e. The third-order valence-corrected chi connectivity index (χ3v) is 5.79.